The van der Waals surface area contributed by atoms with Crippen LogP contribution < -0.4 is 14.8 Å². The van der Waals surface area contributed by atoms with Gasteiger partial charge in [0.2, 0.25) is 5.91 Å². The second-order valence-corrected chi connectivity index (χ2v) is 8.81. The summed E-state index contributed by atoms with van der Waals surface area (Å²) in [5.74, 6) is 1.99. The molecule has 1 heterocycles. The number of thioether (sulfide) groups is 1. The molecule has 0 aliphatic rings. The van der Waals surface area contributed by atoms with E-state index < -0.39 is 0 Å². The van der Waals surface area contributed by atoms with Crippen molar-refractivity contribution in [3.63, 3.8) is 0 Å². The molecule has 0 aliphatic heterocycles. The first-order chi connectivity index (χ1) is 15.4. The van der Waals surface area contributed by atoms with Crippen molar-refractivity contribution >= 4 is 39.3 Å². The number of rotatable bonds is 10. The van der Waals surface area contributed by atoms with E-state index in [2.05, 4.69) is 38.0 Å². The lowest BCUT2D eigenvalue weighted by Gasteiger charge is -2.17. The number of carbonyl (C=O) groups is 1. The zero-order valence-corrected chi connectivity index (χ0v) is 20.6. The minimum Gasteiger partial charge on any atom is -0.493 e. The van der Waals surface area contributed by atoms with Gasteiger partial charge < -0.3 is 14.8 Å². The van der Waals surface area contributed by atoms with Crippen LogP contribution >= 0.6 is 27.7 Å². The van der Waals surface area contributed by atoms with E-state index in [0.29, 0.717) is 29.0 Å². The number of hydrogen-bond donors (Lipinski definition) is 1. The fraction of sp³-hybridized carbons (Fsp3) is 0.261. The number of aryl methyl sites for hydroxylation is 1. The molecule has 0 radical (unpaired) electrons. The Morgan fingerprint density at radius 2 is 2.03 bits per heavy atom. The highest BCUT2D eigenvalue weighted by atomic mass is 79.9. The molecule has 1 unspecified atom stereocenters. The number of allylic oxidation sites excluding steroid dienone is 1. The molecular weight excluding hydrogens is 492 g/mol. The average Bonchev–Trinajstić information content (AvgIpc) is 3.17. The summed E-state index contributed by atoms with van der Waals surface area (Å²) in [6.45, 7) is 8.17. The zero-order valence-electron chi connectivity index (χ0n) is 18.2. The summed E-state index contributed by atoms with van der Waals surface area (Å²) in [4.78, 5) is 12.5. The van der Waals surface area contributed by atoms with Crippen LogP contribution in [-0.4, -0.2) is 33.5 Å². The molecule has 0 spiro atoms. The van der Waals surface area contributed by atoms with Gasteiger partial charge in [0.05, 0.1) is 12.9 Å². The maximum absolute atomic E-state index is 12.5. The van der Waals surface area contributed by atoms with Gasteiger partial charge >= 0.3 is 0 Å². The van der Waals surface area contributed by atoms with Gasteiger partial charge in [-0.15, -0.1) is 16.8 Å². The van der Waals surface area contributed by atoms with Crippen molar-refractivity contribution in [1.82, 2.24) is 14.8 Å². The maximum atomic E-state index is 12.5. The first-order valence-corrected chi connectivity index (χ1v) is 11.7. The van der Waals surface area contributed by atoms with Crippen molar-refractivity contribution in [3.05, 3.63) is 71.0 Å². The van der Waals surface area contributed by atoms with Gasteiger partial charge in [-0.05, 0) is 49.7 Å². The Morgan fingerprint density at radius 1 is 1.28 bits per heavy atom. The molecule has 3 rings (SSSR count). The number of aromatic nitrogens is 3. The minimum atomic E-state index is -0.382. The highest BCUT2D eigenvalue weighted by Crippen LogP contribution is 2.31. The summed E-state index contributed by atoms with van der Waals surface area (Å²) in [6.07, 6.45) is 1.38. The number of hydrogen-bond acceptors (Lipinski definition) is 6. The number of para-hydroxylation sites is 2. The smallest absolute Gasteiger partial charge is 0.234 e. The summed E-state index contributed by atoms with van der Waals surface area (Å²) in [5, 5.41) is 12.2. The van der Waals surface area contributed by atoms with Gasteiger partial charge in [-0.2, -0.15) is 0 Å². The van der Waals surface area contributed by atoms with Gasteiger partial charge in [0.1, 0.15) is 0 Å². The molecule has 1 N–H and O–H groups in total. The molecule has 0 saturated carbocycles. The van der Waals surface area contributed by atoms with Crippen molar-refractivity contribution in [2.75, 3.05) is 18.2 Å². The number of amides is 1. The SMILES string of the molecule is C=CCn1c(SCC(=O)Nc2ccc(Br)cc2C)nnc1C(C)Oc1ccccc1OC. The third kappa shape index (κ3) is 5.92. The number of nitrogens with one attached hydrogen (secondary N) is 1. The predicted octanol–water partition coefficient (Wildman–Crippen LogP) is 5.41. The van der Waals surface area contributed by atoms with Crippen molar-refractivity contribution < 1.29 is 14.3 Å². The Kier molecular flexibility index (Phi) is 8.35. The molecule has 9 heteroatoms. The fourth-order valence-corrected chi connectivity index (χ4v) is 4.28. The second-order valence-electron chi connectivity index (χ2n) is 6.95. The van der Waals surface area contributed by atoms with Crippen molar-refractivity contribution in [1.29, 1.82) is 0 Å². The predicted molar refractivity (Wildman–Crippen MR) is 130 cm³/mol. The normalized spacial score (nSPS) is 11.6. The van der Waals surface area contributed by atoms with E-state index in [9.17, 15) is 4.79 Å². The van der Waals surface area contributed by atoms with Crippen LogP contribution in [0.15, 0.2) is 64.7 Å². The Bertz CT molecular complexity index is 1100. The Hall–Kier alpha value is -2.78. The van der Waals surface area contributed by atoms with E-state index in [4.69, 9.17) is 9.47 Å². The molecule has 32 heavy (non-hydrogen) atoms. The van der Waals surface area contributed by atoms with Crippen LogP contribution in [0.3, 0.4) is 0 Å². The summed E-state index contributed by atoms with van der Waals surface area (Å²) < 4.78 is 14.3. The van der Waals surface area contributed by atoms with Crippen LogP contribution in [0.2, 0.25) is 0 Å². The molecule has 0 saturated heterocycles. The molecule has 0 fully saturated rings. The average molecular weight is 517 g/mol. The van der Waals surface area contributed by atoms with E-state index in [-0.39, 0.29) is 17.8 Å². The van der Waals surface area contributed by atoms with Crippen molar-refractivity contribution in [2.45, 2.75) is 31.7 Å². The quantitative estimate of drug-likeness (QED) is 0.286. The lowest BCUT2D eigenvalue weighted by molar-refractivity contribution is -0.113. The highest BCUT2D eigenvalue weighted by Gasteiger charge is 2.21. The first-order valence-electron chi connectivity index (χ1n) is 9.95. The standard InChI is InChI=1S/C23H25BrN4O3S/c1-5-12-28-22(16(3)31-20-9-7-6-8-19(20)30-4)26-27-23(28)32-14-21(29)25-18-11-10-17(24)13-15(18)2/h5-11,13,16H,1,12,14H2,2-4H3,(H,25,29). The molecular formula is C23H25BrN4O3S. The summed E-state index contributed by atoms with van der Waals surface area (Å²) in [5.41, 5.74) is 1.77. The molecule has 1 aromatic heterocycles. The third-order valence-corrected chi connectivity index (χ3v) is 6.05. The Labute approximate surface area is 200 Å². The monoisotopic (exact) mass is 516 g/mol. The van der Waals surface area contributed by atoms with E-state index in [1.807, 2.05) is 60.9 Å². The van der Waals surface area contributed by atoms with Gasteiger partial charge in [-0.3, -0.25) is 9.36 Å². The van der Waals surface area contributed by atoms with Crippen molar-refractivity contribution in [3.8, 4) is 11.5 Å². The number of benzene rings is 2. The van der Waals surface area contributed by atoms with Crippen LogP contribution in [0.4, 0.5) is 5.69 Å². The van der Waals surface area contributed by atoms with E-state index >= 15 is 0 Å². The zero-order chi connectivity index (χ0) is 23.1. The second kappa shape index (κ2) is 11.2. The van der Waals surface area contributed by atoms with E-state index in [1.165, 1.54) is 11.8 Å². The third-order valence-electron chi connectivity index (χ3n) is 4.59. The van der Waals surface area contributed by atoms with Gasteiger partial charge in [0, 0.05) is 16.7 Å². The van der Waals surface area contributed by atoms with Crippen LogP contribution in [0.1, 0.15) is 24.4 Å². The molecule has 1 atom stereocenters. The van der Waals surface area contributed by atoms with Crippen molar-refractivity contribution in [2.24, 2.45) is 0 Å². The van der Waals surface area contributed by atoms with Crippen LogP contribution in [-0.2, 0) is 11.3 Å². The molecule has 168 valence electrons. The summed E-state index contributed by atoms with van der Waals surface area (Å²) in [7, 11) is 1.60. The largest absolute Gasteiger partial charge is 0.493 e. The molecule has 0 bridgehead atoms. The maximum Gasteiger partial charge on any atom is 0.234 e. The number of methoxy groups -OCH3 is 1. The summed E-state index contributed by atoms with van der Waals surface area (Å²) in [6, 6.07) is 13.2. The number of nitrogens with zero attached hydrogens (tertiary/aromatic N) is 3. The minimum absolute atomic E-state index is 0.117. The summed E-state index contributed by atoms with van der Waals surface area (Å²) >= 11 is 4.74. The Morgan fingerprint density at radius 3 is 2.72 bits per heavy atom. The van der Waals surface area contributed by atoms with Crippen LogP contribution in [0.5, 0.6) is 11.5 Å². The van der Waals surface area contributed by atoms with Gasteiger partial charge in [0.25, 0.3) is 0 Å². The highest BCUT2D eigenvalue weighted by molar-refractivity contribution is 9.10. The van der Waals surface area contributed by atoms with E-state index in [0.717, 1.165) is 15.7 Å². The number of carbonyl (C=O) groups excluding carboxylic acids is 1. The number of halogens is 1. The van der Waals surface area contributed by atoms with Gasteiger partial charge in [0.15, 0.2) is 28.6 Å². The molecule has 3 aromatic rings. The first kappa shape index (κ1) is 23.9. The lowest BCUT2D eigenvalue weighted by Crippen LogP contribution is -2.16. The number of ether oxygens (including phenoxy) is 2. The number of anilines is 1. The fourth-order valence-electron chi connectivity index (χ4n) is 3.05. The topological polar surface area (TPSA) is 78.3 Å². The Balaban J connectivity index is 1.69. The van der Waals surface area contributed by atoms with E-state index in [1.54, 1.807) is 13.2 Å². The lowest BCUT2D eigenvalue weighted by atomic mass is 10.2. The van der Waals surface area contributed by atoms with Gasteiger partial charge in [-0.25, -0.2) is 0 Å². The molecule has 7 nitrogen and oxygen atoms in total. The molecule has 1 amide bonds. The van der Waals surface area contributed by atoms with Gasteiger partial charge in [-0.1, -0.05) is 45.9 Å². The molecule has 2 aromatic carbocycles. The van der Waals surface area contributed by atoms with Crippen LogP contribution in [0, 0.1) is 6.92 Å². The van der Waals surface area contributed by atoms with Crippen LogP contribution in [0.25, 0.3) is 0 Å². The molecule has 0 aliphatic carbocycles.